The van der Waals surface area contributed by atoms with E-state index in [-0.39, 0.29) is 52.5 Å². The van der Waals surface area contributed by atoms with Gasteiger partial charge < -0.3 is 14.9 Å². The van der Waals surface area contributed by atoms with Crippen molar-refractivity contribution in [2.45, 2.75) is 52.1 Å². The minimum atomic E-state index is -3.91. The summed E-state index contributed by atoms with van der Waals surface area (Å²) in [5.74, 6) is -0.120. The van der Waals surface area contributed by atoms with Gasteiger partial charge in [-0.05, 0) is 60.1 Å². The van der Waals surface area contributed by atoms with Gasteiger partial charge in [0.15, 0.2) is 11.7 Å². The normalized spacial score (nSPS) is 21.3. The molecule has 41 heavy (non-hydrogen) atoms. The van der Waals surface area contributed by atoms with Gasteiger partial charge in [-0.25, -0.2) is 18.5 Å². The number of carboxylic acid groups (broad SMARTS) is 1. The molecule has 0 unspecified atom stereocenters. The van der Waals surface area contributed by atoms with Gasteiger partial charge in [0.05, 0.1) is 22.0 Å². The molecule has 0 bridgehead atoms. The number of nitrogens with zero attached hydrogens (tertiary/aromatic N) is 5. The van der Waals surface area contributed by atoms with E-state index >= 15 is 0 Å². The number of fused-ring (bicyclic) bond motifs is 1. The number of pyridine rings is 1. The molecule has 1 fully saturated rings. The first-order chi connectivity index (χ1) is 19.2. The number of carbonyl (C=O) groups is 1. The van der Waals surface area contributed by atoms with Gasteiger partial charge in [-0.3, -0.25) is 9.11 Å². The summed E-state index contributed by atoms with van der Waals surface area (Å²) < 4.78 is 44.2. The minimum absolute atomic E-state index is 0.148. The Bertz CT molecular complexity index is 1550. The van der Waals surface area contributed by atoms with Crippen LogP contribution in [0.4, 0.5) is 20.7 Å². The van der Waals surface area contributed by atoms with E-state index in [1.54, 1.807) is 43.3 Å². The summed E-state index contributed by atoms with van der Waals surface area (Å²) in [5, 5.41) is 9.81. The smallest absolute Gasteiger partial charge is 0.407 e. The van der Waals surface area contributed by atoms with Gasteiger partial charge in [0.2, 0.25) is 0 Å². The summed E-state index contributed by atoms with van der Waals surface area (Å²) in [7, 11) is -3.91. The number of halogens is 2. The summed E-state index contributed by atoms with van der Waals surface area (Å²) in [5.41, 5.74) is 1.68. The molecular formula is C29H33ClFN5O4S. The number of rotatable bonds is 2. The number of amides is 1. The average molecular weight is 602 g/mol. The highest BCUT2D eigenvalue weighted by atomic mass is 35.5. The number of hydrogen-bond donors (Lipinski definition) is 3. The third-order valence-electron chi connectivity index (χ3n) is 7.41. The van der Waals surface area contributed by atoms with Crippen molar-refractivity contribution < 1.29 is 23.4 Å². The van der Waals surface area contributed by atoms with E-state index in [0.29, 0.717) is 11.3 Å². The third kappa shape index (κ3) is 5.23. The molecule has 218 valence electrons. The van der Waals surface area contributed by atoms with E-state index in [1.807, 2.05) is 44.7 Å². The second-order valence-electron chi connectivity index (χ2n) is 11.4. The minimum Gasteiger partial charge on any atom is -0.465 e. The Balaban J connectivity index is 1.76. The number of hydrogen-bond acceptors (Lipinski definition) is 7. The average Bonchev–Trinajstić information content (AvgIpc) is 2.89. The standard InChI is InChI=1S/C29H33ClFN5O4S/c1-17-16-35(28(37)38)18(2)15-34(17)27-20-14-22(30)25(19-10-6-8-12-23(19)31)32-26(20)36(41(39,40)33-27)24-13-9-7-11-21(24)29(3,4)5/h6-14,17-18,39-40H,15-16H2,1-5H3,(H,37,38)/t17-,18+/m0/s1. The predicted molar refractivity (Wildman–Crippen MR) is 162 cm³/mol. The summed E-state index contributed by atoms with van der Waals surface area (Å²) >= 11 is 6.75. The first kappa shape index (κ1) is 29.1. The second-order valence-corrected chi connectivity index (χ2v) is 13.4. The Hall–Kier alpha value is -3.38. The topological polar surface area (TPSA) is 113 Å². The summed E-state index contributed by atoms with van der Waals surface area (Å²) in [6, 6.07) is 14.3. The van der Waals surface area contributed by atoms with Gasteiger partial charge in [-0.15, -0.1) is 4.40 Å². The van der Waals surface area contributed by atoms with E-state index in [2.05, 4.69) is 4.40 Å². The highest BCUT2D eigenvalue weighted by molar-refractivity contribution is 8.24. The van der Waals surface area contributed by atoms with Gasteiger partial charge >= 0.3 is 6.09 Å². The lowest BCUT2D eigenvalue weighted by Gasteiger charge is -2.49. The molecule has 3 aromatic rings. The number of aromatic nitrogens is 1. The molecule has 1 amide bonds. The Morgan fingerprint density at radius 3 is 2.34 bits per heavy atom. The molecule has 2 aromatic carbocycles. The number of benzene rings is 2. The maximum absolute atomic E-state index is 15.0. The second kappa shape index (κ2) is 10.5. The molecule has 5 rings (SSSR count). The highest BCUT2D eigenvalue weighted by Gasteiger charge is 2.42. The van der Waals surface area contributed by atoms with Crippen LogP contribution in [0, 0.1) is 5.82 Å². The van der Waals surface area contributed by atoms with Crippen molar-refractivity contribution in [2.24, 2.45) is 4.40 Å². The highest BCUT2D eigenvalue weighted by Crippen LogP contribution is 2.58. The van der Waals surface area contributed by atoms with Crippen molar-refractivity contribution in [2.75, 3.05) is 17.4 Å². The molecule has 1 saturated heterocycles. The fourth-order valence-corrected chi connectivity index (χ4v) is 6.95. The fraction of sp³-hybridized carbons (Fsp3) is 0.345. The maximum Gasteiger partial charge on any atom is 0.407 e. The number of para-hydroxylation sites is 1. The van der Waals surface area contributed by atoms with Crippen LogP contribution in [0.5, 0.6) is 0 Å². The van der Waals surface area contributed by atoms with Crippen molar-refractivity contribution in [3.05, 3.63) is 76.6 Å². The molecular weight excluding hydrogens is 569 g/mol. The lowest BCUT2D eigenvalue weighted by Crippen LogP contribution is -2.59. The molecule has 3 heterocycles. The van der Waals surface area contributed by atoms with E-state index in [9.17, 15) is 23.4 Å². The van der Waals surface area contributed by atoms with Gasteiger partial charge in [0.25, 0.3) is 0 Å². The van der Waals surface area contributed by atoms with Crippen LogP contribution in [-0.2, 0) is 5.41 Å². The zero-order valence-corrected chi connectivity index (χ0v) is 25.0. The third-order valence-corrected chi connectivity index (χ3v) is 8.97. The Labute approximate surface area is 245 Å². The quantitative estimate of drug-likeness (QED) is 0.281. The zero-order chi connectivity index (χ0) is 29.9. The molecule has 2 atom stereocenters. The van der Waals surface area contributed by atoms with Crippen molar-refractivity contribution in [3.63, 3.8) is 0 Å². The molecule has 0 aliphatic carbocycles. The van der Waals surface area contributed by atoms with E-state index in [1.165, 1.54) is 15.3 Å². The maximum atomic E-state index is 15.0. The molecule has 9 nitrogen and oxygen atoms in total. The number of piperazine rings is 1. The molecule has 12 heteroatoms. The van der Waals surface area contributed by atoms with Crippen LogP contribution in [0.15, 0.2) is 59.0 Å². The lowest BCUT2D eigenvalue weighted by molar-refractivity contribution is 0.0750. The Morgan fingerprint density at radius 2 is 1.68 bits per heavy atom. The van der Waals surface area contributed by atoms with Crippen LogP contribution in [0.1, 0.15) is 45.7 Å². The van der Waals surface area contributed by atoms with Gasteiger partial charge in [-0.1, -0.05) is 62.7 Å². The van der Waals surface area contributed by atoms with Gasteiger partial charge in [0.1, 0.15) is 5.82 Å². The zero-order valence-electron chi connectivity index (χ0n) is 23.4. The Kier molecular flexibility index (Phi) is 7.44. The van der Waals surface area contributed by atoms with Crippen LogP contribution < -0.4 is 4.31 Å². The van der Waals surface area contributed by atoms with Crippen LogP contribution in [0.3, 0.4) is 0 Å². The Morgan fingerprint density at radius 1 is 1.02 bits per heavy atom. The van der Waals surface area contributed by atoms with Crippen molar-refractivity contribution >= 4 is 46.0 Å². The van der Waals surface area contributed by atoms with Crippen molar-refractivity contribution in [3.8, 4) is 11.3 Å². The van der Waals surface area contributed by atoms with Crippen molar-refractivity contribution in [1.29, 1.82) is 0 Å². The monoisotopic (exact) mass is 601 g/mol. The van der Waals surface area contributed by atoms with Crippen LogP contribution in [0.2, 0.25) is 5.02 Å². The molecule has 2 aliphatic heterocycles. The van der Waals surface area contributed by atoms with E-state index in [0.717, 1.165) is 5.56 Å². The predicted octanol–water partition coefficient (Wildman–Crippen LogP) is 7.39. The SMILES string of the molecule is C[C@@H]1CN(C2=NS(O)(O)N(c3ccccc3C(C)(C)C)c3nc(-c4ccccc4F)c(Cl)cc32)[C@@H](C)CN1C(=O)O. The molecule has 1 aromatic heterocycles. The molecule has 2 aliphatic rings. The molecule has 0 saturated carbocycles. The number of amidine groups is 1. The van der Waals surface area contributed by atoms with E-state index in [4.69, 9.17) is 16.6 Å². The van der Waals surface area contributed by atoms with Gasteiger partial charge in [-0.2, -0.15) is 0 Å². The first-order valence-electron chi connectivity index (χ1n) is 13.2. The summed E-state index contributed by atoms with van der Waals surface area (Å²) in [6.45, 7) is 10.1. The number of anilines is 2. The molecule has 0 radical (unpaired) electrons. The molecule has 3 N–H and O–H groups in total. The fourth-order valence-electron chi connectivity index (χ4n) is 5.39. The summed E-state index contributed by atoms with van der Waals surface area (Å²) in [4.78, 5) is 19.8. The van der Waals surface area contributed by atoms with Crippen LogP contribution in [0.25, 0.3) is 11.3 Å². The summed E-state index contributed by atoms with van der Waals surface area (Å²) in [6.07, 6.45) is -1.02. The van der Waals surface area contributed by atoms with Crippen LogP contribution >= 0.6 is 22.6 Å². The van der Waals surface area contributed by atoms with Gasteiger partial charge in [0, 0.05) is 30.7 Å². The van der Waals surface area contributed by atoms with Crippen LogP contribution in [-0.4, -0.2) is 66.1 Å². The molecule has 0 spiro atoms. The van der Waals surface area contributed by atoms with Crippen molar-refractivity contribution in [1.82, 2.24) is 14.8 Å². The van der Waals surface area contributed by atoms with E-state index < -0.39 is 28.9 Å². The first-order valence-corrected chi connectivity index (χ1v) is 15.0. The largest absolute Gasteiger partial charge is 0.465 e. The lowest BCUT2D eigenvalue weighted by atomic mass is 9.86.